The fourth-order valence-corrected chi connectivity index (χ4v) is 2.02. The van der Waals surface area contributed by atoms with E-state index in [-0.39, 0.29) is 11.9 Å². The van der Waals surface area contributed by atoms with Crippen molar-refractivity contribution in [1.29, 1.82) is 0 Å². The molecule has 3 amide bonds. The zero-order valence-electron chi connectivity index (χ0n) is 12.5. The van der Waals surface area contributed by atoms with Gasteiger partial charge in [0.1, 0.15) is 0 Å². The number of anilines is 2. The standard InChI is InChI=1S/C17H16ClN3O2/c1-12(22)20-14-6-8-15(9-7-14)21-17(23)19-11-10-13-4-2-3-5-16(13)18/h2-11H,1H3,(H,20,22)(H2,19,21,23)/b11-10+. The Kier molecular flexibility index (Phi) is 5.77. The molecule has 0 saturated carbocycles. The second-order valence-corrected chi connectivity index (χ2v) is 5.12. The lowest BCUT2D eigenvalue weighted by Gasteiger charge is -2.06. The van der Waals surface area contributed by atoms with Crippen LogP contribution in [0.1, 0.15) is 12.5 Å². The summed E-state index contributed by atoms with van der Waals surface area (Å²) >= 11 is 6.01. The van der Waals surface area contributed by atoms with Crippen LogP contribution in [-0.4, -0.2) is 11.9 Å². The van der Waals surface area contributed by atoms with E-state index in [2.05, 4.69) is 16.0 Å². The molecule has 0 atom stereocenters. The minimum Gasteiger partial charge on any atom is -0.326 e. The number of carbonyl (C=O) groups excluding carboxylic acids is 2. The van der Waals surface area contributed by atoms with Crippen molar-refractivity contribution in [3.05, 3.63) is 65.3 Å². The molecular formula is C17H16ClN3O2. The van der Waals surface area contributed by atoms with Crippen molar-refractivity contribution in [2.24, 2.45) is 0 Å². The summed E-state index contributed by atoms with van der Waals surface area (Å²) in [7, 11) is 0. The number of halogens is 1. The van der Waals surface area contributed by atoms with Crippen molar-refractivity contribution in [2.75, 3.05) is 10.6 Å². The predicted octanol–water partition coefficient (Wildman–Crippen LogP) is 4.09. The summed E-state index contributed by atoms with van der Waals surface area (Å²) in [6, 6.07) is 13.8. The number of carbonyl (C=O) groups is 2. The highest BCUT2D eigenvalue weighted by Gasteiger charge is 2.00. The van der Waals surface area contributed by atoms with Crippen LogP contribution in [0.15, 0.2) is 54.7 Å². The van der Waals surface area contributed by atoms with Crippen LogP contribution >= 0.6 is 11.6 Å². The van der Waals surface area contributed by atoms with Crippen LogP contribution in [-0.2, 0) is 4.79 Å². The molecule has 0 spiro atoms. The Morgan fingerprint density at radius 3 is 2.17 bits per heavy atom. The van der Waals surface area contributed by atoms with Gasteiger partial charge in [-0.3, -0.25) is 4.79 Å². The molecule has 0 heterocycles. The lowest BCUT2D eigenvalue weighted by molar-refractivity contribution is -0.114. The summed E-state index contributed by atoms with van der Waals surface area (Å²) in [5, 5.41) is 8.53. The fourth-order valence-electron chi connectivity index (χ4n) is 1.82. The molecule has 0 aliphatic carbocycles. The van der Waals surface area contributed by atoms with Gasteiger partial charge in [-0.1, -0.05) is 29.8 Å². The number of nitrogens with one attached hydrogen (secondary N) is 3. The first-order chi connectivity index (χ1) is 11.0. The second-order valence-electron chi connectivity index (χ2n) is 4.71. The largest absolute Gasteiger partial charge is 0.326 e. The van der Waals surface area contributed by atoms with E-state index in [0.29, 0.717) is 16.4 Å². The SMILES string of the molecule is CC(=O)Nc1ccc(NC(=O)N/C=C/c2ccccc2Cl)cc1. The quantitative estimate of drug-likeness (QED) is 0.790. The number of hydrogen-bond acceptors (Lipinski definition) is 2. The lowest BCUT2D eigenvalue weighted by Crippen LogP contribution is -2.23. The summed E-state index contributed by atoms with van der Waals surface area (Å²) in [4.78, 5) is 22.7. The van der Waals surface area contributed by atoms with E-state index in [9.17, 15) is 9.59 Å². The summed E-state index contributed by atoms with van der Waals surface area (Å²) < 4.78 is 0. The Bertz CT molecular complexity index is 727. The molecule has 3 N–H and O–H groups in total. The first-order valence-electron chi connectivity index (χ1n) is 6.91. The van der Waals surface area contributed by atoms with Gasteiger partial charge in [-0.2, -0.15) is 0 Å². The maximum atomic E-state index is 11.8. The van der Waals surface area contributed by atoms with E-state index in [0.717, 1.165) is 5.56 Å². The number of urea groups is 1. The van der Waals surface area contributed by atoms with E-state index in [1.165, 1.54) is 13.1 Å². The van der Waals surface area contributed by atoms with Gasteiger partial charge in [0.15, 0.2) is 0 Å². The summed E-state index contributed by atoms with van der Waals surface area (Å²) in [6.07, 6.45) is 3.23. The molecule has 0 saturated heterocycles. The van der Waals surface area contributed by atoms with Gasteiger partial charge in [-0.25, -0.2) is 4.79 Å². The molecule has 118 valence electrons. The van der Waals surface area contributed by atoms with E-state index in [1.807, 2.05) is 18.2 Å². The number of amides is 3. The van der Waals surface area contributed by atoms with Gasteiger partial charge in [0, 0.05) is 29.5 Å². The molecule has 2 rings (SSSR count). The molecular weight excluding hydrogens is 314 g/mol. The molecule has 0 radical (unpaired) electrons. The summed E-state index contributed by atoms with van der Waals surface area (Å²) in [5.41, 5.74) is 2.10. The lowest BCUT2D eigenvalue weighted by atomic mass is 10.2. The number of benzene rings is 2. The van der Waals surface area contributed by atoms with Crippen molar-refractivity contribution in [2.45, 2.75) is 6.92 Å². The van der Waals surface area contributed by atoms with Gasteiger partial charge < -0.3 is 16.0 Å². The zero-order chi connectivity index (χ0) is 16.7. The minimum atomic E-state index is -0.374. The van der Waals surface area contributed by atoms with E-state index < -0.39 is 0 Å². The molecule has 23 heavy (non-hydrogen) atoms. The van der Waals surface area contributed by atoms with Gasteiger partial charge >= 0.3 is 6.03 Å². The normalized spacial score (nSPS) is 10.3. The van der Waals surface area contributed by atoms with Crippen LogP contribution in [0, 0.1) is 0 Å². The molecule has 0 fully saturated rings. The molecule has 0 unspecified atom stereocenters. The van der Waals surface area contributed by atoms with Crippen LogP contribution in [0.5, 0.6) is 0 Å². The van der Waals surface area contributed by atoms with Gasteiger partial charge in [0.25, 0.3) is 0 Å². The molecule has 0 aliphatic heterocycles. The van der Waals surface area contributed by atoms with Crippen LogP contribution in [0.2, 0.25) is 5.02 Å². The van der Waals surface area contributed by atoms with Crippen molar-refractivity contribution in [3.63, 3.8) is 0 Å². The van der Waals surface area contributed by atoms with E-state index >= 15 is 0 Å². The van der Waals surface area contributed by atoms with Crippen molar-refractivity contribution >= 4 is 41.0 Å². The maximum Gasteiger partial charge on any atom is 0.323 e. The predicted molar refractivity (Wildman–Crippen MR) is 93.4 cm³/mol. The Hall–Kier alpha value is -2.79. The highest BCUT2D eigenvalue weighted by atomic mass is 35.5. The van der Waals surface area contributed by atoms with Crippen LogP contribution in [0.25, 0.3) is 6.08 Å². The zero-order valence-corrected chi connectivity index (χ0v) is 13.2. The minimum absolute atomic E-state index is 0.145. The molecule has 0 aromatic heterocycles. The Balaban J connectivity index is 1.87. The van der Waals surface area contributed by atoms with Crippen molar-refractivity contribution in [1.82, 2.24) is 5.32 Å². The first kappa shape index (κ1) is 16.6. The molecule has 2 aromatic rings. The third-order valence-corrected chi connectivity index (χ3v) is 3.19. The monoisotopic (exact) mass is 329 g/mol. The highest BCUT2D eigenvalue weighted by Crippen LogP contribution is 2.16. The van der Waals surface area contributed by atoms with Crippen molar-refractivity contribution < 1.29 is 9.59 Å². The average Bonchev–Trinajstić information content (AvgIpc) is 2.51. The third kappa shape index (κ3) is 5.48. The molecule has 2 aromatic carbocycles. The van der Waals surface area contributed by atoms with Crippen LogP contribution in [0.3, 0.4) is 0 Å². The highest BCUT2D eigenvalue weighted by molar-refractivity contribution is 6.32. The summed E-state index contributed by atoms with van der Waals surface area (Å²) in [5.74, 6) is -0.145. The van der Waals surface area contributed by atoms with E-state index in [1.54, 1.807) is 36.4 Å². The Labute approximate surface area is 139 Å². The molecule has 0 aliphatic rings. The van der Waals surface area contributed by atoms with Crippen molar-refractivity contribution in [3.8, 4) is 0 Å². The van der Waals surface area contributed by atoms with Crippen LogP contribution in [0.4, 0.5) is 16.2 Å². The fraction of sp³-hybridized carbons (Fsp3) is 0.0588. The van der Waals surface area contributed by atoms with E-state index in [4.69, 9.17) is 11.6 Å². The topological polar surface area (TPSA) is 70.2 Å². The average molecular weight is 330 g/mol. The Morgan fingerprint density at radius 1 is 0.957 bits per heavy atom. The smallest absolute Gasteiger partial charge is 0.323 e. The number of rotatable bonds is 4. The first-order valence-corrected chi connectivity index (χ1v) is 7.28. The molecule has 5 nitrogen and oxygen atoms in total. The third-order valence-electron chi connectivity index (χ3n) is 2.85. The van der Waals surface area contributed by atoms with Gasteiger partial charge in [0.05, 0.1) is 0 Å². The van der Waals surface area contributed by atoms with Crippen LogP contribution < -0.4 is 16.0 Å². The van der Waals surface area contributed by atoms with Gasteiger partial charge in [-0.05, 0) is 42.0 Å². The summed E-state index contributed by atoms with van der Waals surface area (Å²) in [6.45, 7) is 1.44. The number of hydrogen-bond donors (Lipinski definition) is 3. The Morgan fingerprint density at radius 2 is 1.57 bits per heavy atom. The molecule has 6 heteroatoms. The van der Waals surface area contributed by atoms with Gasteiger partial charge in [0.2, 0.25) is 5.91 Å². The molecule has 0 bridgehead atoms. The van der Waals surface area contributed by atoms with Gasteiger partial charge in [-0.15, -0.1) is 0 Å². The maximum absolute atomic E-state index is 11.8. The second kappa shape index (κ2) is 8.00.